The van der Waals surface area contributed by atoms with Crippen LogP contribution in [0.3, 0.4) is 0 Å². The third kappa shape index (κ3) is 3.48. The fourth-order valence-electron chi connectivity index (χ4n) is 4.16. The minimum Gasteiger partial charge on any atom is -0.485 e. The van der Waals surface area contributed by atoms with Crippen molar-refractivity contribution in [1.82, 2.24) is 9.88 Å². The Bertz CT molecular complexity index is 569. The first-order valence-corrected chi connectivity index (χ1v) is 9.06. The van der Waals surface area contributed by atoms with Crippen molar-refractivity contribution in [1.29, 1.82) is 0 Å². The molecule has 0 aromatic carbocycles. The van der Waals surface area contributed by atoms with E-state index in [-0.39, 0.29) is 24.9 Å². The van der Waals surface area contributed by atoms with Crippen LogP contribution in [0, 0.1) is 5.92 Å². The molecule has 2 saturated heterocycles. The molecule has 0 N–H and O–H groups in total. The fraction of sp³-hybridized carbons (Fsp3) is 0.722. The van der Waals surface area contributed by atoms with Gasteiger partial charge in [-0.1, -0.05) is 0 Å². The monoisotopic (exact) mass is 337 g/mol. The number of halogens is 2. The molecule has 1 saturated carbocycles. The number of likely N-dealkylation sites (tertiary alicyclic amines) is 1. The van der Waals surface area contributed by atoms with Gasteiger partial charge in [-0.2, -0.15) is 0 Å². The third-order valence-electron chi connectivity index (χ3n) is 5.37. The van der Waals surface area contributed by atoms with Crippen molar-refractivity contribution in [2.75, 3.05) is 37.6 Å². The van der Waals surface area contributed by atoms with E-state index < -0.39 is 5.92 Å². The summed E-state index contributed by atoms with van der Waals surface area (Å²) in [5, 5.41) is 0. The molecule has 3 fully saturated rings. The predicted octanol–water partition coefficient (Wildman–Crippen LogP) is 3.18. The van der Waals surface area contributed by atoms with Gasteiger partial charge in [-0.25, -0.2) is 13.8 Å². The first-order chi connectivity index (χ1) is 11.6. The number of aromatic nitrogens is 1. The van der Waals surface area contributed by atoms with E-state index in [0.717, 1.165) is 50.7 Å². The number of nitrogens with zero attached hydrogens (tertiary/aromatic N) is 3. The van der Waals surface area contributed by atoms with Gasteiger partial charge in [0, 0.05) is 51.8 Å². The van der Waals surface area contributed by atoms with Crippen molar-refractivity contribution in [3.8, 4) is 5.75 Å². The Balaban J connectivity index is 1.32. The van der Waals surface area contributed by atoms with Crippen LogP contribution in [-0.2, 0) is 0 Å². The van der Waals surface area contributed by atoms with Crippen LogP contribution in [-0.4, -0.2) is 54.6 Å². The summed E-state index contributed by atoms with van der Waals surface area (Å²) in [4.78, 5) is 9.08. The van der Waals surface area contributed by atoms with Gasteiger partial charge in [0.05, 0.1) is 0 Å². The van der Waals surface area contributed by atoms with E-state index >= 15 is 0 Å². The van der Waals surface area contributed by atoms with Gasteiger partial charge >= 0.3 is 0 Å². The van der Waals surface area contributed by atoms with E-state index in [4.69, 9.17) is 4.74 Å². The number of pyridine rings is 1. The maximum atomic E-state index is 13.0. The minimum absolute atomic E-state index is 0.0523. The molecule has 0 radical (unpaired) electrons. The van der Waals surface area contributed by atoms with Crippen LogP contribution < -0.4 is 9.64 Å². The lowest BCUT2D eigenvalue weighted by molar-refractivity contribution is -0.115. The summed E-state index contributed by atoms with van der Waals surface area (Å²) in [5.41, 5.74) is 0. The predicted molar refractivity (Wildman–Crippen MR) is 88.8 cm³/mol. The van der Waals surface area contributed by atoms with E-state index in [2.05, 4.69) is 14.8 Å². The van der Waals surface area contributed by atoms with Crippen LogP contribution >= 0.6 is 0 Å². The van der Waals surface area contributed by atoms with Gasteiger partial charge in [0.15, 0.2) is 11.6 Å². The maximum Gasteiger partial charge on any atom is 0.248 e. The molecule has 0 spiro atoms. The molecule has 2 aliphatic heterocycles. The van der Waals surface area contributed by atoms with E-state index in [1.54, 1.807) is 0 Å². The Labute approximate surface area is 141 Å². The van der Waals surface area contributed by atoms with Crippen molar-refractivity contribution in [3.63, 3.8) is 0 Å². The zero-order chi connectivity index (χ0) is 16.6. The molecule has 4 rings (SSSR count). The van der Waals surface area contributed by atoms with Gasteiger partial charge in [0.1, 0.15) is 6.10 Å². The number of hydrogen-bond acceptors (Lipinski definition) is 4. The summed E-state index contributed by atoms with van der Waals surface area (Å²) >= 11 is 0. The number of anilines is 1. The lowest BCUT2D eigenvalue weighted by Crippen LogP contribution is -2.42. The highest BCUT2D eigenvalue weighted by Gasteiger charge is 2.46. The number of alkyl halides is 2. The average molecular weight is 337 g/mol. The molecule has 6 heteroatoms. The van der Waals surface area contributed by atoms with Gasteiger partial charge in [-0.15, -0.1) is 0 Å². The average Bonchev–Trinajstić information content (AvgIpc) is 3.18. The van der Waals surface area contributed by atoms with Crippen molar-refractivity contribution < 1.29 is 13.5 Å². The van der Waals surface area contributed by atoms with Crippen LogP contribution in [0.1, 0.15) is 32.1 Å². The molecule has 3 heterocycles. The number of rotatable bonds is 5. The zero-order valence-corrected chi connectivity index (χ0v) is 14.0. The summed E-state index contributed by atoms with van der Waals surface area (Å²) < 4.78 is 32.2. The van der Waals surface area contributed by atoms with Crippen LogP contribution in [0.15, 0.2) is 18.3 Å². The summed E-state index contributed by atoms with van der Waals surface area (Å²) in [6.45, 7) is 4.63. The van der Waals surface area contributed by atoms with Crippen molar-refractivity contribution in [3.05, 3.63) is 18.3 Å². The molecule has 1 aromatic rings. The second-order valence-corrected chi connectivity index (χ2v) is 7.44. The van der Waals surface area contributed by atoms with Crippen molar-refractivity contribution in [2.45, 2.75) is 44.1 Å². The Morgan fingerprint density at radius 3 is 2.75 bits per heavy atom. The van der Waals surface area contributed by atoms with E-state index in [0.29, 0.717) is 0 Å². The quantitative estimate of drug-likeness (QED) is 0.825. The molecule has 1 aromatic heterocycles. The smallest absolute Gasteiger partial charge is 0.248 e. The summed E-state index contributed by atoms with van der Waals surface area (Å²) in [6.07, 6.45) is 5.43. The Kier molecular flexibility index (Phi) is 4.33. The van der Waals surface area contributed by atoms with Gasteiger partial charge in [0.25, 0.3) is 0 Å². The maximum absolute atomic E-state index is 13.0. The Morgan fingerprint density at radius 1 is 1.21 bits per heavy atom. The van der Waals surface area contributed by atoms with Crippen LogP contribution in [0.25, 0.3) is 0 Å². The molecule has 4 nitrogen and oxygen atoms in total. The lowest BCUT2D eigenvalue weighted by atomic mass is 9.81. The standard InChI is InChI=1S/C18H25F2N3O/c19-18(20)10-14(11-18)12-22-9-5-15(13-22)24-16-4-3-6-21-17(16)23-7-1-2-8-23/h3-4,6,14-15H,1-2,5,7-13H2. The molecule has 0 bridgehead atoms. The highest BCUT2D eigenvalue weighted by Crippen LogP contribution is 2.43. The fourth-order valence-corrected chi connectivity index (χ4v) is 4.16. The largest absolute Gasteiger partial charge is 0.485 e. The van der Waals surface area contributed by atoms with E-state index in [9.17, 15) is 8.78 Å². The molecule has 3 aliphatic rings. The summed E-state index contributed by atoms with van der Waals surface area (Å²) in [6, 6.07) is 3.91. The second kappa shape index (κ2) is 6.47. The van der Waals surface area contributed by atoms with Crippen LogP contribution in [0.4, 0.5) is 14.6 Å². The molecule has 1 aliphatic carbocycles. The molecule has 1 atom stereocenters. The lowest BCUT2D eigenvalue weighted by Gasteiger charge is -2.37. The second-order valence-electron chi connectivity index (χ2n) is 7.44. The minimum atomic E-state index is -2.42. The molecule has 0 amide bonds. The molecule has 1 unspecified atom stereocenters. The van der Waals surface area contributed by atoms with Gasteiger partial charge in [-0.3, -0.25) is 4.90 Å². The molecular weight excluding hydrogens is 312 g/mol. The van der Waals surface area contributed by atoms with Crippen molar-refractivity contribution >= 4 is 5.82 Å². The first-order valence-electron chi connectivity index (χ1n) is 9.06. The van der Waals surface area contributed by atoms with Crippen LogP contribution in [0.2, 0.25) is 0 Å². The summed E-state index contributed by atoms with van der Waals surface area (Å²) in [5.74, 6) is -0.452. The normalized spacial score (nSPS) is 27.4. The van der Waals surface area contributed by atoms with Gasteiger partial charge in [0.2, 0.25) is 5.92 Å². The third-order valence-corrected chi connectivity index (χ3v) is 5.37. The zero-order valence-electron chi connectivity index (χ0n) is 14.0. The van der Waals surface area contributed by atoms with E-state index in [1.807, 2.05) is 18.3 Å². The molecule has 24 heavy (non-hydrogen) atoms. The topological polar surface area (TPSA) is 28.6 Å². The SMILES string of the molecule is FC1(F)CC(CN2CCC(Oc3cccnc3N3CCCC3)C2)C1. The highest BCUT2D eigenvalue weighted by atomic mass is 19.3. The van der Waals surface area contributed by atoms with Gasteiger partial charge < -0.3 is 9.64 Å². The molecule has 132 valence electrons. The first kappa shape index (κ1) is 16.1. The van der Waals surface area contributed by atoms with Gasteiger partial charge in [-0.05, 0) is 37.3 Å². The number of ether oxygens (including phenoxy) is 1. The Hall–Kier alpha value is -1.43. The summed E-state index contributed by atoms with van der Waals surface area (Å²) in [7, 11) is 0. The van der Waals surface area contributed by atoms with E-state index in [1.165, 1.54) is 12.8 Å². The molecular formula is C18H25F2N3O. The Morgan fingerprint density at radius 2 is 2.00 bits per heavy atom. The van der Waals surface area contributed by atoms with Crippen LogP contribution in [0.5, 0.6) is 5.75 Å². The highest BCUT2D eigenvalue weighted by molar-refractivity contribution is 5.52. The number of hydrogen-bond donors (Lipinski definition) is 0. The van der Waals surface area contributed by atoms with Crippen molar-refractivity contribution in [2.24, 2.45) is 5.92 Å².